The number of esters is 1. The molecule has 1 fully saturated rings. The van der Waals surface area contributed by atoms with Crippen LogP contribution >= 0.6 is 0 Å². The fraction of sp³-hybridized carbons (Fsp3) is 0.364. The average Bonchev–Trinajstić information content (AvgIpc) is 3.13. The Bertz CT molecular complexity index is 874. The van der Waals surface area contributed by atoms with Crippen molar-refractivity contribution in [2.75, 3.05) is 19.8 Å². The predicted octanol–water partition coefficient (Wildman–Crippen LogP) is 2.48. The number of carbonyl (C=O) groups is 2. The predicted molar refractivity (Wildman–Crippen MR) is 104 cm³/mol. The van der Waals surface area contributed by atoms with Gasteiger partial charge in [-0.3, -0.25) is 4.79 Å². The fourth-order valence-corrected chi connectivity index (χ4v) is 3.27. The second kappa shape index (κ2) is 10.2. The van der Waals surface area contributed by atoms with Gasteiger partial charge in [-0.15, -0.1) is 0 Å². The minimum atomic E-state index is -0.905. The molecule has 2 aromatic carbocycles. The molecule has 1 amide bonds. The number of benzene rings is 2. The summed E-state index contributed by atoms with van der Waals surface area (Å²) >= 11 is 0. The summed E-state index contributed by atoms with van der Waals surface area (Å²) in [5.41, 5.74) is 0.231. The molecule has 3 rings (SSSR count). The van der Waals surface area contributed by atoms with Crippen LogP contribution in [0.5, 0.6) is 5.75 Å². The summed E-state index contributed by atoms with van der Waals surface area (Å²) < 4.78 is 37.3. The highest BCUT2D eigenvalue weighted by Crippen LogP contribution is 2.21. The lowest BCUT2D eigenvalue weighted by Gasteiger charge is -2.23. The molecule has 2 atom stereocenters. The van der Waals surface area contributed by atoms with Gasteiger partial charge in [-0.25, -0.2) is 13.6 Å². The Morgan fingerprint density at radius 3 is 2.53 bits per heavy atom. The van der Waals surface area contributed by atoms with E-state index in [1.165, 1.54) is 47.4 Å². The highest BCUT2D eigenvalue weighted by Gasteiger charge is 2.39. The highest BCUT2D eigenvalue weighted by atomic mass is 19.1. The van der Waals surface area contributed by atoms with Crippen LogP contribution in [0.2, 0.25) is 0 Å². The molecule has 1 aliphatic heterocycles. The van der Waals surface area contributed by atoms with Crippen molar-refractivity contribution in [3.8, 4) is 5.75 Å². The zero-order chi connectivity index (χ0) is 21.5. The second-order valence-corrected chi connectivity index (χ2v) is 7.04. The van der Waals surface area contributed by atoms with Crippen LogP contribution < -0.4 is 4.74 Å². The summed E-state index contributed by atoms with van der Waals surface area (Å²) in [7, 11) is 0. The van der Waals surface area contributed by atoms with Crippen LogP contribution in [0.3, 0.4) is 0 Å². The molecule has 0 radical (unpaired) electrons. The van der Waals surface area contributed by atoms with Gasteiger partial charge in [0, 0.05) is 19.4 Å². The number of hydrogen-bond donors (Lipinski definition) is 1. The van der Waals surface area contributed by atoms with Crippen molar-refractivity contribution in [3.63, 3.8) is 0 Å². The van der Waals surface area contributed by atoms with Crippen molar-refractivity contribution in [2.45, 2.75) is 31.4 Å². The van der Waals surface area contributed by atoms with Crippen LogP contribution in [-0.2, 0) is 20.7 Å². The standard InChI is InChI=1S/C22H23F2NO5/c23-16-6-8-18(9-7-16)29-10-3-11-30-22(28)20-13-17(26)14-25(20)21(27)12-15-4-1-2-5-19(15)24/h1-2,4-9,17,20,26H,3,10-14H2. The van der Waals surface area contributed by atoms with E-state index in [9.17, 15) is 23.5 Å². The number of aliphatic hydroxyl groups is 1. The Hall–Kier alpha value is -3.00. The Kier molecular flexibility index (Phi) is 7.35. The maximum Gasteiger partial charge on any atom is 0.328 e. The van der Waals surface area contributed by atoms with Crippen molar-refractivity contribution < 1.29 is 33.0 Å². The van der Waals surface area contributed by atoms with Gasteiger partial charge in [-0.2, -0.15) is 0 Å². The first-order valence-corrected chi connectivity index (χ1v) is 9.70. The molecule has 8 heteroatoms. The van der Waals surface area contributed by atoms with Gasteiger partial charge in [0.2, 0.25) is 5.91 Å². The number of β-amino-alcohol motifs (C(OH)–C–C–N with tert-alkyl or cyclic N) is 1. The second-order valence-electron chi connectivity index (χ2n) is 7.04. The maximum absolute atomic E-state index is 13.8. The zero-order valence-electron chi connectivity index (χ0n) is 16.3. The van der Waals surface area contributed by atoms with Gasteiger partial charge >= 0.3 is 5.97 Å². The molecule has 0 aromatic heterocycles. The first kappa shape index (κ1) is 21.7. The van der Waals surface area contributed by atoms with Gasteiger partial charge in [-0.1, -0.05) is 18.2 Å². The van der Waals surface area contributed by atoms with E-state index in [0.29, 0.717) is 12.2 Å². The van der Waals surface area contributed by atoms with E-state index in [-0.39, 0.29) is 44.0 Å². The molecule has 0 aliphatic carbocycles. The normalized spacial score (nSPS) is 18.3. The maximum atomic E-state index is 13.8. The Balaban J connectivity index is 1.46. The first-order valence-electron chi connectivity index (χ1n) is 9.70. The monoisotopic (exact) mass is 419 g/mol. The van der Waals surface area contributed by atoms with Gasteiger partial charge in [0.15, 0.2) is 0 Å². The number of amides is 1. The van der Waals surface area contributed by atoms with E-state index in [4.69, 9.17) is 9.47 Å². The molecule has 0 spiro atoms. The summed E-state index contributed by atoms with van der Waals surface area (Å²) in [6.45, 7) is 0.338. The number of rotatable bonds is 8. The van der Waals surface area contributed by atoms with Gasteiger partial charge in [0.1, 0.15) is 23.4 Å². The Morgan fingerprint density at radius 1 is 1.07 bits per heavy atom. The molecule has 1 aliphatic rings. The molecule has 30 heavy (non-hydrogen) atoms. The number of carbonyl (C=O) groups excluding carboxylic acids is 2. The summed E-state index contributed by atoms with van der Waals surface area (Å²) in [5.74, 6) is -1.41. The summed E-state index contributed by atoms with van der Waals surface area (Å²) in [5, 5.41) is 9.92. The number of likely N-dealkylation sites (tertiary alicyclic amines) is 1. The molecule has 6 nitrogen and oxygen atoms in total. The third-order valence-electron chi connectivity index (χ3n) is 4.79. The number of nitrogens with zero attached hydrogens (tertiary/aromatic N) is 1. The molecule has 2 aromatic rings. The van der Waals surface area contributed by atoms with Crippen molar-refractivity contribution in [2.24, 2.45) is 0 Å². The minimum absolute atomic E-state index is 0.000725. The molecule has 2 unspecified atom stereocenters. The van der Waals surface area contributed by atoms with E-state index in [1.807, 2.05) is 0 Å². The van der Waals surface area contributed by atoms with Crippen molar-refractivity contribution in [1.29, 1.82) is 0 Å². The topological polar surface area (TPSA) is 76.1 Å². The van der Waals surface area contributed by atoms with Crippen molar-refractivity contribution >= 4 is 11.9 Å². The van der Waals surface area contributed by atoms with Crippen LogP contribution in [0.25, 0.3) is 0 Å². The molecule has 160 valence electrons. The Labute approximate surface area is 173 Å². The lowest BCUT2D eigenvalue weighted by Crippen LogP contribution is -2.42. The van der Waals surface area contributed by atoms with E-state index >= 15 is 0 Å². The van der Waals surface area contributed by atoms with E-state index in [2.05, 4.69) is 0 Å². The minimum Gasteiger partial charge on any atom is -0.493 e. The molecule has 0 bridgehead atoms. The Morgan fingerprint density at radius 2 is 1.80 bits per heavy atom. The number of ether oxygens (including phenoxy) is 2. The lowest BCUT2D eigenvalue weighted by molar-refractivity contribution is -0.153. The molecular formula is C22H23F2NO5. The third-order valence-corrected chi connectivity index (χ3v) is 4.79. The van der Waals surface area contributed by atoms with Gasteiger partial charge < -0.3 is 19.5 Å². The van der Waals surface area contributed by atoms with Gasteiger partial charge in [0.05, 0.1) is 25.7 Å². The smallest absolute Gasteiger partial charge is 0.328 e. The summed E-state index contributed by atoms with van der Waals surface area (Å²) in [4.78, 5) is 26.2. The van der Waals surface area contributed by atoms with E-state index in [1.54, 1.807) is 6.07 Å². The molecule has 1 N–H and O–H groups in total. The molecule has 1 heterocycles. The summed E-state index contributed by atoms with van der Waals surface area (Å²) in [6.07, 6.45) is -0.557. The van der Waals surface area contributed by atoms with E-state index in [0.717, 1.165) is 0 Å². The molecular weight excluding hydrogens is 396 g/mol. The van der Waals surface area contributed by atoms with Gasteiger partial charge in [-0.05, 0) is 35.9 Å². The fourth-order valence-electron chi connectivity index (χ4n) is 3.27. The average molecular weight is 419 g/mol. The van der Waals surface area contributed by atoms with Crippen LogP contribution in [0, 0.1) is 11.6 Å². The number of hydrogen-bond acceptors (Lipinski definition) is 5. The van der Waals surface area contributed by atoms with Crippen LogP contribution in [0.4, 0.5) is 8.78 Å². The van der Waals surface area contributed by atoms with Crippen molar-refractivity contribution in [1.82, 2.24) is 4.90 Å². The molecule has 1 saturated heterocycles. The number of halogens is 2. The van der Waals surface area contributed by atoms with E-state index < -0.39 is 29.8 Å². The quantitative estimate of drug-likeness (QED) is 0.526. The summed E-state index contributed by atoms with van der Waals surface area (Å²) in [6, 6.07) is 10.6. The highest BCUT2D eigenvalue weighted by molar-refractivity contribution is 5.86. The third kappa shape index (κ3) is 5.76. The SMILES string of the molecule is O=C(OCCCOc1ccc(F)cc1)C1CC(O)CN1C(=O)Cc1ccccc1F. The zero-order valence-corrected chi connectivity index (χ0v) is 16.3. The number of aliphatic hydroxyl groups excluding tert-OH is 1. The van der Waals surface area contributed by atoms with Crippen LogP contribution in [0.1, 0.15) is 18.4 Å². The van der Waals surface area contributed by atoms with Crippen LogP contribution in [0.15, 0.2) is 48.5 Å². The largest absolute Gasteiger partial charge is 0.493 e. The first-order chi connectivity index (χ1) is 14.4. The van der Waals surface area contributed by atoms with Crippen molar-refractivity contribution in [3.05, 3.63) is 65.7 Å². The lowest BCUT2D eigenvalue weighted by atomic mass is 10.1. The molecule has 0 saturated carbocycles. The van der Waals surface area contributed by atoms with Gasteiger partial charge in [0.25, 0.3) is 0 Å². The van der Waals surface area contributed by atoms with Crippen LogP contribution in [-0.4, -0.2) is 53.8 Å².